The van der Waals surface area contributed by atoms with Crippen LogP contribution in [0.25, 0.3) is 11.1 Å². The normalized spacial score (nSPS) is 9.00. The zero-order chi connectivity index (χ0) is 11.1. The molecule has 1 heteroatoms. The molecule has 2 rings (SSSR count). The SMILES string of the molecule is CC.Fc1cccc(-c2ccccc2)c1. The summed E-state index contributed by atoms with van der Waals surface area (Å²) in [6.45, 7) is 4.00. The largest absolute Gasteiger partial charge is 0.207 e. The first-order valence-electron chi connectivity index (χ1n) is 5.17. The Morgan fingerprint density at radius 2 is 1.33 bits per heavy atom. The Bertz CT molecular complexity index is 393. The molecular formula is C14H15F. The van der Waals surface area contributed by atoms with Crippen LogP contribution in [-0.4, -0.2) is 0 Å². The molecule has 0 radical (unpaired) electrons. The van der Waals surface area contributed by atoms with Crippen LogP contribution < -0.4 is 0 Å². The monoisotopic (exact) mass is 202 g/mol. The number of halogens is 1. The second-order valence-corrected chi connectivity index (χ2v) is 2.88. The molecule has 15 heavy (non-hydrogen) atoms. The fourth-order valence-corrected chi connectivity index (χ4v) is 1.30. The highest BCUT2D eigenvalue weighted by atomic mass is 19.1. The summed E-state index contributed by atoms with van der Waals surface area (Å²) >= 11 is 0. The maximum atomic E-state index is 12.9. The van der Waals surface area contributed by atoms with Crippen molar-refractivity contribution in [1.82, 2.24) is 0 Å². The number of rotatable bonds is 1. The average Bonchev–Trinajstić information content (AvgIpc) is 2.33. The molecule has 0 aliphatic heterocycles. The predicted octanol–water partition coefficient (Wildman–Crippen LogP) is 4.52. The van der Waals surface area contributed by atoms with Gasteiger partial charge in [-0.25, -0.2) is 4.39 Å². The Kier molecular flexibility index (Phi) is 4.55. The molecule has 0 fully saturated rings. The molecule has 0 saturated heterocycles. The van der Waals surface area contributed by atoms with E-state index in [2.05, 4.69) is 0 Å². The lowest BCUT2D eigenvalue weighted by Crippen LogP contribution is -1.78. The minimum atomic E-state index is -0.193. The van der Waals surface area contributed by atoms with Gasteiger partial charge in [0.2, 0.25) is 0 Å². The van der Waals surface area contributed by atoms with Gasteiger partial charge in [-0.2, -0.15) is 0 Å². The quantitative estimate of drug-likeness (QED) is 0.637. The molecule has 0 atom stereocenters. The molecule has 0 saturated carbocycles. The summed E-state index contributed by atoms with van der Waals surface area (Å²) < 4.78 is 12.9. The van der Waals surface area contributed by atoms with Crippen molar-refractivity contribution in [3.63, 3.8) is 0 Å². The van der Waals surface area contributed by atoms with E-state index < -0.39 is 0 Å². The minimum absolute atomic E-state index is 0.193. The van der Waals surface area contributed by atoms with Crippen LogP contribution in [-0.2, 0) is 0 Å². The summed E-state index contributed by atoms with van der Waals surface area (Å²) in [5.74, 6) is -0.193. The van der Waals surface area contributed by atoms with Crippen LogP contribution in [0.2, 0.25) is 0 Å². The van der Waals surface area contributed by atoms with E-state index in [0.717, 1.165) is 11.1 Å². The average molecular weight is 202 g/mol. The van der Waals surface area contributed by atoms with Crippen molar-refractivity contribution in [1.29, 1.82) is 0 Å². The molecule has 2 aromatic rings. The zero-order valence-electron chi connectivity index (χ0n) is 9.07. The van der Waals surface area contributed by atoms with Crippen molar-refractivity contribution in [3.8, 4) is 11.1 Å². The van der Waals surface area contributed by atoms with Crippen LogP contribution in [0.15, 0.2) is 54.6 Å². The maximum absolute atomic E-state index is 12.9. The first-order valence-corrected chi connectivity index (χ1v) is 5.17. The lowest BCUT2D eigenvalue weighted by Gasteiger charge is -1.99. The molecular weight excluding hydrogens is 187 g/mol. The fraction of sp³-hybridized carbons (Fsp3) is 0.143. The fourth-order valence-electron chi connectivity index (χ4n) is 1.30. The van der Waals surface area contributed by atoms with Gasteiger partial charge in [-0.3, -0.25) is 0 Å². The second kappa shape index (κ2) is 5.97. The molecule has 0 spiro atoms. The van der Waals surface area contributed by atoms with Crippen LogP contribution in [0.3, 0.4) is 0 Å². The summed E-state index contributed by atoms with van der Waals surface area (Å²) in [4.78, 5) is 0. The third-order valence-corrected chi connectivity index (χ3v) is 1.93. The molecule has 0 amide bonds. The summed E-state index contributed by atoms with van der Waals surface area (Å²) in [6.07, 6.45) is 0. The van der Waals surface area contributed by atoms with Gasteiger partial charge in [-0.15, -0.1) is 0 Å². The highest BCUT2D eigenvalue weighted by Crippen LogP contribution is 2.18. The first kappa shape index (κ1) is 11.4. The molecule has 0 aliphatic carbocycles. The maximum Gasteiger partial charge on any atom is 0.123 e. The standard InChI is InChI=1S/C12H9F.C2H6/c13-12-8-4-7-11(9-12)10-5-2-1-3-6-10;1-2/h1-9H;1-2H3. The van der Waals surface area contributed by atoms with Crippen LogP contribution in [0.4, 0.5) is 4.39 Å². The van der Waals surface area contributed by atoms with E-state index in [9.17, 15) is 4.39 Å². The predicted molar refractivity (Wildman–Crippen MR) is 63.2 cm³/mol. The topological polar surface area (TPSA) is 0 Å². The van der Waals surface area contributed by atoms with E-state index in [4.69, 9.17) is 0 Å². The molecule has 78 valence electrons. The third-order valence-electron chi connectivity index (χ3n) is 1.93. The first-order chi connectivity index (χ1) is 7.36. The molecule has 0 nitrogen and oxygen atoms in total. The van der Waals surface area contributed by atoms with Gasteiger partial charge in [0.15, 0.2) is 0 Å². The highest BCUT2D eigenvalue weighted by Gasteiger charge is 1.96. The smallest absolute Gasteiger partial charge is 0.123 e. The van der Waals surface area contributed by atoms with E-state index in [1.54, 1.807) is 6.07 Å². The van der Waals surface area contributed by atoms with Crippen molar-refractivity contribution in [2.75, 3.05) is 0 Å². The van der Waals surface area contributed by atoms with Gasteiger partial charge in [-0.05, 0) is 23.3 Å². The van der Waals surface area contributed by atoms with Gasteiger partial charge in [0.05, 0.1) is 0 Å². The van der Waals surface area contributed by atoms with Gasteiger partial charge < -0.3 is 0 Å². The Balaban J connectivity index is 0.000000531. The molecule has 0 unspecified atom stereocenters. The van der Waals surface area contributed by atoms with Crippen LogP contribution >= 0.6 is 0 Å². The van der Waals surface area contributed by atoms with Gasteiger partial charge in [-0.1, -0.05) is 56.3 Å². The molecule has 0 aliphatic rings. The van der Waals surface area contributed by atoms with Gasteiger partial charge >= 0.3 is 0 Å². The third kappa shape index (κ3) is 3.21. The number of hydrogen-bond donors (Lipinski definition) is 0. The summed E-state index contributed by atoms with van der Waals surface area (Å²) in [6, 6.07) is 16.4. The van der Waals surface area contributed by atoms with Crippen LogP contribution in [0.1, 0.15) is 13.8 Å². The molecule has 0 heterocycles. The second-order valence-electron chi connectivity index (χ2n) is 2.88. The highest BCUT2D eigenvalue weighted by molar-refractivity contribution is 5.62. The van der Waals surface area contributed by atoms with Crippen LogP contribution in [0, 0.1) is 5.82 Å². The Hall–Kier alpha value is -1.63. The molecule has 0 N–H and O–H groups in total. The van der Waals surface area contributed by atoms with E-state index >= 15 is 0 Å². The van der Waals surface area contributed by atoms with Crippen molar-refractivity contribution in [2.45, 2.75) is 13.8 Å². The number of benzene rings is 2. The van der Waals surface area contributed by atoms with E-state index in [1.807, 2.05) is 50.2 Å². The summed E-state index contributed by atoms with van der Waals surface area (Å²) in [5.41, 5.74) is 1.96. The van der Waals surface area contributed by atoms with Crippen molar-refractivity contribution in [2.24, 2.45) is 0 Å². The Labute approximate surface area is 90.4 Å². The molecule has 2 aromatic carbocycles. The number of hydrogen-bond acceptors (Lipinski definition) is 0. The zero-order valence-corrected chi connectivity index (χ0v) is 9.07. The lowest BCUT2D eigenvalue weighted by atomic mass is 10.1. The van der Waals surface area contributed by atoms with Crippen LogP contribution in [0.5, 0.6) is 0 Å². The lowest BCUT2D eigenvalue weighted by molar-refractivity contribution is 0.628. The molecule has 0 bridgehead atoms. The Morgan fingerprint density at radius 1 is 0.733 bits per heavy atom. The van der Waals surface area contributed by atoms with Gasteiger partial charge in [0.25, 0.3) is 0 Å². The van der Waals surface area contributed by atoms with E-state index in [1.165, 1.54) is 12.1 Å². The minimum Gasteiger partial charge on any atom is -0.207 e. The van der Waals surface area contributed by atoms with Gasteiger partial charge in [0, 0.05) is 0 Å². The van der Waals surface area contributed by atoms with Crippen molar-refractivity contribution >= 4 is 0 Å². The Morgan fingerprint density at radius 3 is 1.93 bits per heavy atom. The molecule has 0 aromatic heterocycles. The van der Waals surface area contributed by atoms with Crippen molar-refractivity contribution in [3.05, 3.63) is 60.4 Å². The van der Waals surface area contributed by atoms with E-state index in [-0.39, 0.29) is 5.82 Å². The van der Waals surface area contributed by atoms with E-state index in [0.29, 0.717) is 0 Å². The summed E-state index contributed by atoms with van der Waals surface area (Å²) in [7, 11) is 0. The van der Waals surface area contributed by atoms with Crippen molar-refractivity contribution < 1.29 is 4.39 Å². The summed E-state index contributed by atoms with van der Waals surface area (Å²) in [5, 5.41) is 0. The van der Waals surface area contributed by atoms with Gasteiger partial charge in [0.1, 0.15) is 5.82 Å².